The number of thiophene rings is 1. The zero-order chi connectivity index (χ0) is 17.1. The summed E-state index contributed by atoms with van der Waals surface area (Å²) < 4.78 is 1.03. The molecule has 4 rings (SSSR count). The van der Waals surface area contributed by atoms with E-state index in [0.29, 0.717) is 18.1 Å². The van der Waals surface area contributed by atoms with E-state index >= 15 is 0 Å². The molecule has 4 aromatic rings. The molecule has 0 fully saturated rings. The molecule has 25 heavy (non-hydrogen) atoms. The van der Waals surface area contributed by atoms with E-state index in [1.807, 2.05) is 58.8 Å². The van der Waals surface area contributed by atoms with Crippen molar-refractivity contribution in [1.82, 2.24) is 14.9 Å². The summed E-state index contributed by atoms with van der Waals surface area (Å²) in [6, 6.07) is 15.6. The highest BCUT2D eigenvalue weighted by Crippen LogP contribution is 2.24. The number of hydrogen-bond acceptors (Lipinski definition) is 5. The number of fused-ring (bicyclic) bond motifs is 1. The summed E-state index contributed by atoms with van der Waals surface area (Å²) in [6.45, 7) is 1.01. The monoisotopic (exact) mass is 365 g/mol. The van der Waals surface area contributed by atoms with Crippen molar-refractivity contribution in [2.45, 2.75) is 13.1 Å². The first kappa shape index (κ1) is 15.9. The van der Waals surface area contributed by atoms with Crippen LogP contribution in [0.3, 0.4) is 0 Å². The first-order valence-corrected chi connectivity index (χ1v) is 9.61. The number of amides is 1. The summed E-state index contributed by atoms with van der Waals surface area (Å²) in [5.74, 6) is -0.0574. The zero-order valence-electron chi connectivity index (χ0n) is 13.3. The van der Waals surface area contributed by atoms with Crippen LogP contribution in [0.15, 0.2) is 65.5 Å². The van der Waals surface area contributed by atoms with Crippen LogP contribution in [-0.4, -0.2) is 20.8 Å². The van der Waals surface area contributed by atoms with Gasteiger partial charge in [-0.3, -0.25) is 9.78 Å². The van der Waals surface area contributed by atoms with Crippen molar-refractivity contribution >= 4 is 38.8 Å². The van der Waals surface area contributed by atoms with Crippen molar-refractivity contribution < 1.29 is 4.79 Å². The second-order valence-corrected chi connectivity index (χ2v) is 7.41. The quantitative estimate of drug-likeness (QED) is 0.519. The van der Waals surface area contributed by atoms with Gasteiger partial charge in [-0.25, -0.2) is 4.98 Å². The second-order valence-electron chi connectivity index (χ2n) is 5.60. The number of hydrogen-bond donors (Lipinski definition) is 0. The average Bonchev–Trinajstić information content (AvgIpc) is 3.30. The van der Waals surface area contributed by atoms with Crippen LogP contribution in [0.2, 0.25) is 0 Å². The number of rotatable bonds is 5. The molecule has 0 aliphatic rings. The van der Waals surface area contributed by atoms with Gasteiger partial charge >= 0.3 is 0 Å². The minimum atomic E-state index is -0.0574. The standard InChI is InChI=1S/C19H15N3OS2/c23-19(18-21-16-6-1-2-7-17(16)25-18)22(11-14-8-10-24-13-14)12-15-5-3-4-9-20-15/h1-10,13H,11-12H2. The van der Waals surface area contributed by atoms with Crippen LogP contribution in [0.25, 0.3) is 10.2 Å². The summed E-state index contributed by atoms with van der Waals surface area (Å²) in [5, 5.41) is 4.61. The van der Waals surface area contributed by atoms with Crippen LogP contribution in [0.4, 0.5) is 0 Å². The SMILES string of the molecule is O=C(c1nc2ccccc2s1)N(Cc1ccsc1)Cc1ccccn1. The van der Waals surface area contributed by atoms with E-state index in [9.17, 15) is 4.79 Å². The fourth-order valence-corrected chi connectivity index (χ4v) is 4.18. The number of para-hydroxylation sites is 1. The Labute approximate surface area is 153 Å². The Morgan fingerprint density at radius 1 is 1.04 bits per heavy atom. The highest BCUT2D eigenvalue weighted by molar-refractivity contribution is 7.20. The molecule has 3 heterocycles. The maximum Gasteiger partial charge on any atom is 0.283 e. The van der Waals surface area contributed by atoms with Crippen molar-refractivity contribution in [2.75, 3.05) is 0 Å². The largest absolute Gasteiger partial charge is 0.326 e. The minimum absolute atomic E-state index is 0.0574. The van der Waals surface area contributed by atoms with Gasteiger partial charge in [0.15, 0.2) is 5.01 Å². The van der Waals surface area contributed by atoms with Crippen molar-refractivity contribution in [3.05, 3.63) is 81.8 Å². The van der Waals surface area contributed by atoms with Gasteiger partial charge in [-0.1, -0.05) is 18.2 Å². The first-order chi connectivity index (χ1) is 12.3. The Bertz CT molecular complexity index is 947. The summed E-state index contributed by atoms with van der Waals surface area (Å²) in [5.41, 5.74) is 2.85. The van der Waals surface area contributed by atoms with Gasteiger partial charge in [0.05, 0.1) is 22.5 Å². The molecular weight excluding hydrogens is 350 g/mol. The van der Waals surface area contributed by atoms with E-state index in [0.717, 1.165) is 21.5 Å². The fourth-order valence-electron chi connectivity index (χ4n) is 2.59. The number of carbonyl (C=O) groups excluding carboxylic acids is 1. The van der Waals surface area contributed by atoms with Gasteiger partial charge in [0, 0.05) is 12.7 Å². The van der Waals surface area contributed by atoms with Crippen molar-refractivity contribution in [1.29, 1.82) is 0 Å². The van der Waals surface area contributed by atoms with Gasteiger partial charge in [-0.15, -0.1) is 11.3 Å². The molecule has 0 saturated heterocycles. The molecule has 0 atom stereocenters. The Kier molecular flexibility index (Phi) is 4.54. The predicted molar refractivity (Wildman–Crippen MR) is 102 cm³/mol. The lowest BCUT2D eigenvalue weighted by atomic mass is 10.2. The van der Waals surface area contributed by atoms with Gasteiger partial charge in [0.25, 0.3) is 5.91 Å². The molecule has 1 aromatic carbocycles. The number of carbonyl (C=O) groups is 1. The second kappa shape index (κ2) is 7.13. The van der Waals surface area contributed by atoms with Gasteiger partial charge < -0.3 is 4.90 Å². The van der Waals surface area contributed by atoms with Crippen LogP contribution in [0.5, 0.6) is 0 Å². The fraction of sp³-hybridized carbons (Fsp3) is 0.105. The molecule has 0 bridgehead atoms. The van der Waals surface area contributed by atoms with Gasteiger partial charge in [0.2, 0.25) is 0 Å². The topological polar surface area (TPSA) is 46.1 Å². The third-order valence-electron chi connectivity index (χ3n) is 3.80. The van der Waals surface area contributed by atoms with Gasteiger partial charge in [0.1, 0.15) is 0 Å². The Morgan fingerprint density at radius 2 is 1.92 bits per heavy atom. The van der Waals surface area contributed by atoms with E-state index in [-0.39, 0.29) is 5.91 Å². The predicted octanol–water partition coefficient (Wildman–Crippen LogP) is 4.60. The molecule has 6 heteroatoms. The first-order valence-electron chi connectivity index (χ1n) is 7.85. The molecule has 124 valence electrons. The molecule has 4 nitrogen and oxygen atoms in total. The third kappa shape index (κ3) is 3.60. The lowest BCUT2D eigenvalue weighted by Gasteiger charge is -2.20. The van der Waals surface area contributed by atoms with Crippen molar-refractivity contribution in [3.8, 4) is 0 Å². The molecular formula is C19H15N3OS2. The Morgan fingerprint density at radius 3 is 2.68 bits per heavy atom. The summed E-state index contributed by atoms with van der Waals surface area (Å²) >= 11 is 3.07. The summed E-state index contributed by atoms with van der Waals surface area (Å²) in [7, 11) is 0. The maximum atomic E-state index is 13.1. The van der Waals surface area contributed by atoms with E-state index < -0.39 is 0 Å². The summed E-state index contributed by atoms with van der Waals surface area (Å²) in [6.07, 6.45) is 1.75. The Balaban J connectivity index is 1.64. The number of thiazole rings is 1. The molecule has 0 unspecified atom stereocenters. The van der Waals surface area contributed by atoms with Crippen LogP contribution in [0, 0.1) is 0 Å². The van der Waals surface area contributed by atoms with Gasteiger partial charge in [-0.2, -0.15) is 11.3 Å². The Hall–Kier alpha value is -2.57. The number of pyridine rings is 1. The lowest BCUT2D eigenvalue weighted by Crippen LogP contribution is -2.30. The third-order valence-corrected chi connectivity index (χ3v) is 5.55. The number of nitrogens with zero attached hydrogens (tertiary/aromatic N) is 3. The smallest absolute Gasteiger partial charge is 0.283 e. The molecule has 0 N–H and O–H groups in total. The maximum absolute atomic E-state index is 13.1. The van der Waals surface area contributed by atoms with Crippen LogP contribution in [-0.2, 0) is 13.1 Å². The molecule has 1 amide bonds. The molecule has 0 saturated carbocycles. The normalized spacial score (nSPS) is 10.9. The van der Waals surface area contributed by atoms with Crippen LogP contribution >= 0.6 is 22.7 Å². The van der Waals surface area contributed by atoms with Crippen molar-refractivity contribution in [3.63, 3.8) is 0 Å². The number of aromatic nitrogens is 2. The molecule has 0 radical (unpaired) electrons. The van der Waals surface area contributed by atoms with E-state index in [1.54, 1.807) is 17.5 Å². The van der Waals surface area contributed by atoms with Crippen LogP contribution < -0.4 is 0 Å². The van der Waals surface area contributed by atoms with Gasteiger partial charge in [-0.05, 0) is 46.7 Å². The van der Waals surface area contributed by atoms with E-state index in [1.165, 1.54) is 11.3 Å². The highest BCUT2D eigenvalue weighted by atomic mass is 32.1. The summed E-state index contributed by atoms with van der Waals surface area (Å²) in [4.78, 5) is 23.8. The molecule has 0 spiro atoms. The van der Waals surface area contributed by atoms with E-state index in [2.05, 4.69) is 15.3 Å². The lowest BCUT2D eigenvalue weighted by molar-refractivity contribution is 0.0728. The van der Waals surface area contributed by atoms with Crippen molar-refractivity contribution in [2.24, 2.45) is 0 Å². The average molecular weight is 365 g/mol. The number of benzene rings is 1. The van der Waals surface area contributed by atoms with E-state index in [4.69, 9.17) is 0 Å². The minimum Gasteiger partial charge on any atom is -0.326 e. The molecule has 0 aliphatic heterocycles. The highest BCUT2D eigenvalue weighted by Gasteiger charge is 2.21. The zero-order valence-corrected chi connectivity index (χ0v) is 15.0. The molecule has 3 aromatic heterocycles. The van der Waals surface area contributed by atoms with Crippen LogP contribution in [0.1, 0.15) is 21.1 Å². The molecule has 0 aliphatic carbocycles.